The predicted molar refractivity (Wildman–Crippen MR) is 138 cm³/mol. The summed E-state index contributed by atoms with van der Waals surface area (Å²) in [5.41, 5.74) is 0.415. The second kappa shape index (κ2) is 10.4. The average Bonchev–Trinajstić information content (AvgIpc) is 3.28. The van der Waals surface area contributed by atoms with E-state index in [9.17, 15) is 28.3 Å². The van der Waals surface area contributed by atoms with Gasteiger partial charge in [-0.3, -0.25) is 19.5 Å². The summed E-state index contributed by atoms with van der Waals surface area (Å²) in [6.07, 6.45) is 0.886. The lowest BCUT2D eigenvalue weighted by atomic mass is 9.88. The number of nitrogens with zero attached hydrogens (tertiary/aromatic N) is 5. The zero-order chi connectivity index (χ0) is 28.0. The molecule has 3 aliphatic rings. The van der Waals surface area contributed by atoms with Crippen LogP contribution < -0.4 is 4.90 Å². The molecular formula is C27H39F2N5O4. The lowest BCUT2D eigenvalue weighted by Crippen LogP contribution is -2.63. The Kier molecular flexibility index (Phi) is 7.71. The topological polar surface area (TPSA) is 97.3 Å². The number of piperazine rings is 1. The zero-order valence-electron chi connectivity index (χ0n) is 22.9. The van der Waals surface area contributed by atoms with E-state index < -0.39 is 17.4 Å². The fourth-order valence-corrected chi connectivity index (χ4v) is 6.02. The maximum Gasteiger partial charge on any atom is 0.407 e. The Morgan fingerprint density at radius 3 is 2.53 bits per heavy atom. The van der Waals surface area contributed by atoms with Crippen molar-refractivity contribution >= 4 is 23.6 Å². The number of fused-ring (bicyclic) bond motifs is 1. The van der Waals surface area contributed by atoms with Gasteiger partial charge in [-0.25, -0.2) is 4.79 Å². The van der Waals surface area contributed by atoms with Crippen molar-refractivity contribution in [2.75, 3.05) is 44.2 Å². The molecule has 2 fully saturated rings. The molecule has 38 heavy (non-hydrogen) atoms. The van der Waals surface area contributed by atoms with Gasteiger partial charge in [-0.15, -0.1) is 0 Å². The second-order valence-electron chi connectivity index (χ2n) is 11.9. The lowest BCUT2D eigenvalue weighted by Gasteiger charge is -2.45. The number of alkyl halides is 2. The summed E-state index contributed by atoms with van der Waals surface area (Å²) in [6, 6.07) is 0.665. The first kappa shape index (κ1) is 28.2. The first-order chi connectivity index (χ1) is 17.7. The van der Waals surface area contributed by atoms with Crippen LogP contribution in [0.3, 0.4) is 0 Å². The van der Waals surface area contributed by atoms with Gasteiger partial charge in [0.05, 0.1) is 12.2 Å². The molecule has 4 rings (SSSR count). The van der Waals surface area contributed by atoms with Crippen LogP contribution in [0, 0.1) is 5.92 Å². The molecular weight excluding hydrogens is 496 g/mol. The van der Waals surface area contributed by atoms with Crippen molar-refractivity contribution in [3.63, 3.8) is 0 Å². The van der Waals surface area contributed by atoms with Crippen molar-refractivity contribution in [2.45, 2.75) is 77.3 Å². The van der Waals surface area contributed by atoms with E-state index in [0.717, 1.165) is 5.56 Å². The quantitative estimate of drug-likeness (QED) is 0.574. The number of hydrogen-bond acceptors (Lipinski definition) is 5. The molecule has 0 aromatic carbocycles. The number of anilines is 1. The lowest BCUT2D eigenvalue weighted by molar-refractivity contribution is -0.129. The van der Waals surface area contributed by atoms with Gasteiger partial charge in [-0.05, 0) is 18.9 Å². The highest BCUT2D eigenvalue weighted by Crippen LogP contribution is 2.43. The molecule has 0 saturated carbocycles. The molecule has 1 aromatic heterocycles. The van der Waals surface area contributed by atoms with Crippen LogP contribution >= 0.6 is 0 Å². The van der Waals surface area contributed by atoms with Gasteiger partial charge in [0.2, 0.25) is 11.8 Å². The third-order valence-electron chi connectivity index (χ3n) is 8.07. The Bertz CT molecular complexity index is 1100. The normalized spacial score (nSPS) is 25.7. The third kappa shape index (κ3) is 5.48. The van der Waals surface area contributed by atoms with E-state index in [1.807, 2.05) is 25.7 Å². The Labute approximate surface area is 222 Å². The summed E-state index contributed by atoms with van der Waals surface area (Å²) in [4.78, 5) is 48.8. The van der Waals surface area contributed by atoms with Crippen molar-refractivity contribution in [3.8, 4) is 0 Å². The number of likely N-dealkylation sites (tertiary alicyclic amines) is 1. The minimum atomic E-state index is -3.08. The number of rotatable bonds is 7. The van der Waals surface area contributed by atoms with E-state index in [2.05, 4.69) is 4.98 Å². The third-order valence-corrected chi connectivity index (χ3v) is 8.07. The summed E-state index contributed by atoms with van der Waals surface area (Å²) in [7, 11) is 0. The molecule has 210 valence electrons. The van der Waals surface area contributed by atoms with Crippen molar-refractivity contribution in [3.05, 3.63) is 23.5 Å². The average molecular weight is 536 g/mol. The Hall–Kier alpha value is -2.82. The Morgan fingerprint density at radius 2 is 1.92 bits per heavy atom. The Morgan fingerprint density at radius 1 is 1.21 bits per heavy atom. The molecule has 4 heterocycles. The van der Waals surface area contributed by atoms with Gasteiger partial charge in [-0.1, -0.05) is 34.1 Å². The van der Waals surface area contributed by atoms with E-state index >= 15 is 0 Å². The molecule has 2 saturated heterocycles. The summed E-state index contributed by atoms with van der Waals surface area (Å²) in [6.45, 7) is 11.2. The number of carboxylic acid groups (broad SMARTS) is 1. The van der Waals surface area contributed by atoms with Crippen molar-refractivity contribution in [2.24, 2.45) is 5.92 Å². The molecule has 0 unspecified atom stereocenters. The van der Waals surface area contributed by atoms with Crippen molar-refractivity contribution in [1.82, 2.24) is 19.7 Å². The van der Waals surface area contributed by atoms with Gasteiger partial charge >= 0.3 is 6.09 Å². The monoisotopic (exact) mass is 535 g/mol. The van der Waals surface area contributed by atoms with Gasteiger partial charge in [0.15, 0.2) is 0 Å². The first-order valence-electron chi connectivity index (χ1n) is 13.4. The number of hydrogen-bond donors (Lipinski definition) is 1. The summed E-state index contributed by atoms with van der Waals surface area (Å²) in [5, 5.41) is 9.70. The van der Waals surface area contributed by atoms with E-state index in [-0.39, 0.29) is 55.0 Å². The zero-order valence-corrected chi connectivity index (χ0v) is 22.9. The largest absolute Gasteiger partial charge is 0.465 e. The molecule has 9 nitrogen and oxygen atoms in total. The van der Waals surface area contributed by atoms with Crippen LogP contribution in [-0.2, 0) is 20.9 Å². The van der Waals surface area contributed by atoms with Crippen LogP contribution in [-0.4, -0.2) is 94.1 Å². The number of halogens is 2. The van der Waals surface area contributed by atoms with E-state index in [1.165, 1.54) is 17.2 Å². The molecule has 3 amide bonds. The number of aromatic nitrogens is 1. The maximum atomic E-state index is 14.7. The molecule has 0 aliphatic carbocycles. The smallest absolute Gasteiger partial charge is 0.407 e. The highest BCUT2D eigenvalue weighted by Gasteiger charge is 2.43. The van der Waals surface area contributed by atoms with Gasteiger partial charge in [0.1, 0.15) is 5.69 Å². The highest BCUT2D eigenvalue weighted by molar-refractivity contribution is 5.97. The number of amides is 3. The maximum absolute atomic E-state index is 14.7. The molecule has 11 heteroatoms. The fourth-order valence-electron chi connectivity index (χ4n) is 6.02. The van der Waals surface area contributed by atoms with E-state index in [1.54, 1.807) is 23.6 Å². The summed E-state index contributed by atoms with van der Waals surface area (Å²) >= 11 is 0. The molecule has 3 atom stereocenters. The highest BCUT2D eigenvalue weighted by atomic mass is 19.3. The van der Waals surface area contributed by atoms with Gasteiger partial charge in [0, 0.05) is 74.8 Å². The van der Waals surface area contributed by atoms with Crippen LogP contribution in [0.2, 0.25) is 0 Å². The molecule has 1 N–H and O–H groups in total. The van der Waals surface area contributed by atoms with Crippen LogP contribution in [0.15, 0.2) is 12.3 Å². The second-order valence-corrected chi connectivity index (χ2v) is 11.9. The van der Waals surface area contributed by atoms with Crippen LogP contribution in [0.25, 0.3) is 0 Å². The molecule has 3 aliphatic heterocycles. The SMILES string of the molecule is CCCC(F)(F)c1cc2c(cn1)C(C)(C)CN2C(=O)CN1C[C@@H](C)N(C(=O)O)C[C@@H]1CN1C[C@@H](C)CC1=O. The van der Waals surface area contributed by atoms with E-state index in [0.29, 0.717) is 44.7 Å². The van der Waals surface area contributed by atoms with Crippen molar-refractivity contribution in [1.29, 1.82) is 0 Å². The van der Waals surface area contributed by atoms with Crippen molar-refractivity contribution < 1.29 is 28.3 Å². The Balaban J connectivity index is 1.58. The fraction of sp³-hybridized carbons (Fsp3) is 0.704. The number of pyridine rings is 1. The van der Waals surface area contributed by atoms with Gasteiger partial charge in [0.25, 0.3) is 5.92 Å². The van der Waals surface area contributed by atoms with Gasteiger partial charge in [-0.2, -0.15) is 8.78 Å². The number of carbonyl (C=O) groups excluding carboxylic acids is 2. The predicted octanol–water partition coefficient (Wildman–Crippen LogP) is 3.52. The van der Waals surface area contributed by atoms with Gasteiger partial charge < -0.3 is 19.8 Å². The standard InChI is InChI=1S/C27H39F2N5O4/c1-6-7-27(28,29)22-9-21-20(10-30-22)26(4,5)16-34(21)24(36)15-31-12-18(3)33(25(37)38)14-19(31)13-32-11-17(2)8-23(32)35/h9-10,17-19H,6-8,11-16H2,1-5H3,(H,37,38)/t17-,18+,19-/m0/s1. The molecule has 0 spiro atoms. The molecule has 0 bridgehead atoms. The molecule has 1 aromatic rings. The van der Waals surface area contributed by atoms with E-state index in [4.69, 9.17) is 0 Å². The minimum Gasteiger partial charge on any atom is -0.465 e. The molecule has 0 radical (unpaired) electrons. The number of carbonyl (C=O) groups is 3. The summed E-state index contributed by atoms with van der Waals surface area (Å²) < 4.78 is 29.4. The minimum absolute atomic E-state index is 0.00141. The van der Waals surface area contributed by atoms with Crippen LogP contribution in [0.1, 0.15) is 65.1 Å². The van der Waals surface area contributed by atoms with Crippen LogP contribution in [0.4, 0.5) is 19.3 Å². The van der Waals surface area contributed by atoms with Crippen LogP contribution in [0.5, 0.6) is 0 Å². The first-order valence-corrected chi connectivity index (χ1v) is 13.4. The summed E-state index contributed by atoms with van der Waals surface area (Å²) in [5.74, 6) is -3.06.